The molecule has 0 bridgehead atoms. The van der Waals surface area contributed by atoms with Crippen LogP contribution < -0.4 is 0 Å². The standard InChI is InChI=1S/C68H42/c1-2-22-44(23-3-1)64-54-32-12-14-34-56(54)67(57-35-15-13-33-55(57)64)62-41-45-42-63(50-28-8-10-30-52(50)65(45)51-29-9-7-27-49(51)62)68-60-38-18-16-36-58(60)66(59-37-17-19-39-61(59)68)53-31-11-6-26-48(53)47-40-20-24-43-21-4-5-25-46(43)47/h1-42H. The maximum Gasteiger partial charge on any atom is -0.00199 e. The Hall–Kier alpha value is -8.84. The van der Waals surface area contributed by atoms with E-state index in [4.69, 9.17) is 0 Å². The van der Waals surface area contributed by atoms with Gasteiger partial charge in [0.25, 0.3) is 0 Å². The van der Waals surface area contributed by atoms with Crippen LogP contribution in [0.2, 0.25) is 0 Å². The second-order valence-electron chi connectivity index (χ2n) is 18.2. The first kappa shape index (κ1) is 38.4. The molecule has 314 valence electrons. The van der Waals surface area contributed by atoms with Crippen molar-refractivity contribution in [2.45, 2.75) is 0 Å². The van der Waals surface area contributed by atoms with Crippen molar-refractivity contribution in [2.75, 3.05) is 0 Å². The Labute approximate surface area is 394 Å². The summed E-state index contributed by atoms with van der Waals surface area (Å²) in [4.78, 5) is 0. The van der Waals surface area contributed by atoms with Gasteiger partial charge in [-0.15, -0.1) is 0 Å². The van der Waals surface area contributed by atoms with Gasteiger partial charge in [0, 0.05) is 0 Å². The highest BCUT2D eigenvalue weighted by Gasteiger charge is 2.24. The Balaban J connectivity index is 1.09. The molecule has 0 amide bonds. The lowest BCUT2D eigenvalue weighted by atomic mass is 9.81. The molecule has 0 nitrogen and oxygen atoms in total. The number of hydrogen-bond donors (Lipinski definition) is 0. The fourth-order valence-electron chi connectivity index (χ4n) is 11.8. The summed E-state index contributed by atoms with van der Waals surface area (Å²) in [6.07, 6.45) is 0. The van der Waals surface area contributed by atoms with Crippen LogP contribution >= 0.6 is 0 Å². The van der Waals surface area contributed by atoms with Crippen LogP contribution in [0.1, 0.15) is 0 Å². The number of rotatable bonds is 5. The Bertz CT molecular complexity index is 4250. The molecular formula is C68H42. The Morgan fingerprint density at radius 3 is 0.971 bits per heavy atom. The third-order valence-corrected chi connectivity index (χ3v) is 14.6. The first-order valence-corrected chi connectivity index (χ1v) is 23.7. The molecule has 0 spiro atoms. The van der Waals surface area contributed by atoms with E-state index in [1.165, 1.54) is 142 Å². The first-order valence-electron chi connectivity index (χ1n) is 23.7. The van der Waals surface area contributed by atoms with E-state index < -0.39 is 0 Å². The van der Waals surface area contributed by atoms with Gasteiger partial charge in [-0.1, -0.05) is 243 Å². The van der Waals surface area contributed by atoms with Crippen molar-refractivity contribution >= 4 is 86.2 Å². The van der Waals surface area contributed by atoms with Crippen LogP contribution in [0.3, 0.4) is 0 Å². The van der Waals surface area contributed by atoms with E-state index in [-0.39, 0.29) is 0 Å². The van der Waals surface area contributed by atoms with Crippen LogP contribution in [0.25, 0.3) is 142 Å². The molecule has 68 heavy (non-hydrogen) atoms. The van der Waals surface area contributed by atoms with Gasteiger partial charge in [0.15, 0.2) is 0 Å². The summed E-state index contributed by atoms with van der Waals surface area (Å²) in [7, 11) is 0. The lowest BCUT2D eigenvalue weighted by molar-refractivity contribution is 1.63. The van der Waals surface area contributed by atoms with E-state index >= 15 is 0 Å². The summed E-state index contributed by atoms with van der Waals surface area (Å²) >= 11 is 0. The number of hydrogen-bond acceptors (Lipinski definition) is 0. The van der Waals surface area contributed by atoms with Crippen LogP contribution in [0.4, 0.5) is 0 Å². The molecule has 0 heterocycles. The minimum absolute atomic E-state index is 1.23. The van der Waals surface area contributed by atoms with Gasteiger partial charge < -0.3 is 0 Å². The molecule has 14 rings (SSSR count). The lowest BCUT2D eigenvalue weighted by Crippen LogP contribution is -1.95. The predicted octanol–water partition coefficient (Wildman–Crippen LogP) is 19.2. The summed E-state index contributed by atoms with van der Waals surface area (Å²) in [6, 6.07) is 94.8. The molecule has 0 aromatic heterocycles. The highest BCUT2D eigenvalue weighted by Crippen LogP contribution is 2.51. The van der Waals surface area contributed by atoms with Gasteiger partial charge >= 0.3 is 0 Å². The van der Waals surface area contributed by atoms with E-state index in [0.717, 1.165) is 0 Å². The van der Waals surface area contributed by atoms with E-state index in [1.807, 2.05) is 0 Å². The van der Waals surface area contributed by atoms with Crippen molar-refractivity contribution in [3.8, 4) is 55.6 Å². The fraction of sp³-hybridized carbons (Fsp3) is 0. The van der Waals surface area contributed by atoms with E-state index in [9.17, 15) is 0 Å². The summed E-state index contributed by atoms with van der Waals surface area (Å²) in [6.45, 7) is 0. The molecule has 0 aliphatic carbocycles. The molecule has 0 heteroatoms. The molecule has 0 saturated carbocycles. The first-order chi connectivity index (χ1) is 33.8. The van der Waals surface area contributed by atoms with Crippen molar-refractivity contribution < 1.29 is 0 Å². The lowest BCUT2D eigenvalue weighted by Gasteiger charge is -2.22. The molecule has 0 aliphatic heterocycles. The minimum atomic E-state index is 1.23. The molecular weight excluding hydrogens is 817 g/mol. The van der Waals surface area contributed by atoms with Crippen molar-refractivity contribution in [1.29, 1.82) is 0 Å². The van der Waals surface area contributed by atoms with Gasteiger partial charge in [0.2, 0.25) is 0 Å². The summed E-state index contributed by atoms with van der Waals surface area (Å²) < 4.78 is 0. The molecule has 0 radical (unpaired) electrons. The molecule has 14 aromatic carbocycles. The van der Waals surface area contributed by atoms with Gasteiger partial charge in [-0.3, -0.25) is 0 Å². The Kier molecular flexibility index (Phi) is 8.69. The van der Waals surface area contributed by atoms with E-state index in [0.29, 0.717) is 0 Å². The average molecular weight is 859 g/mol. The van der Waals surface area contributed by atoms with Crippen LogP contribution in [-0.4, -0.2) is 0 Å². The molecule has 14 aromatic rings. The zero-order valence-electron chi connectivity index (χ0n) is 37.2. The van der Waals surface area contributed by atoms with E-state index in [1.54, 1.807) is 0 Å². The van der Waals surface area contributed by atoms with Crippen LogP contribution in [-0.2, 0) is 0 Å². The largest absolute Gasteiger partial charge is 0.0622 e. The third kappa shape index (κ3) is 5.74. The van der Waals surface area contributed by atoms with Crippen molar-refractivity contribution in [1.82, 2.24) is 0 Å². The predicted molar refractivity (Wildman–Crippen MR) is 294 cm³/mol. The third-order valence-electron chi connectivity index (χ3n) is 14.6. The second-order valence-corrected chi connectivity index (χ2v) is 18.2. The van der Waals surface area contributed by atoms with Crippen LogP contribution in [0, 0.1) is 0 Å². The molecule has 0 saturated heterocycles. The highest BCUT2D eigenvalue weighted by atomic mass is 14.3. The fourth-order valence-corrected chi connectivity index (χ4v) is 11.8. The normalized spacial score (nSPS) is 11.8. The number of benzene rings is 14. The minimum Gasteiger partial charge on any atom is -0.0622 e. The smallest absolute Gasteiger partial charge is 0.00199 e. The molecule has 0 unspecified atom stereocenters. The second kappa shape index (κ2) is 15.4. The maximum absolute atomic E-state index is 2.51. The van der Waals surface area contributed by atoms with Gasteiger partial charge in [0.05, 0.1) is 0 Å². The van der Waals surface area contributed by atoms with Gasteiger partial charge in [-0.2, -0.15) is 0 Å². The van der Waals surface area contributed by atoms with Crippen molar-refractivity contribution in [3.05, 3.63) is 255 Å². The molecule has 0 fully saturated rings. The molecule has 0 aliphatic rings. The SMILES string of the molecule is c1ccc(-c2c3ccccc3c(-c3cc4cc(-c5c6ccccc6c(-c6ccccc6-c6cccc7ccccc67)c6ccccc56)c5ccccc5c4c4ccccc34)c3ccccc23)cc1. The average Bonchev–Trinajstić information content (AvgIpc) is 3.41. The summed E-state index contributed by atoms with van der Waals surface area (Å²) in [5.41, 5.74) is 12.5. The quantitative estimate of drug-likeness (QED) is 0.119. The molecule has 0 N–H and O–H groups in total. The van der Waals surface area contributed by atoms with Gasteiger partial charge in [0.1, 0.15) is 0 Å². The van der Waals surface area contributed by atoms with Crippen molar-refractivity contribution in [2.24, 2.45) is 0 Å². The topological polar surface area (TPSA) is 0 Å². The maximum atomic E-state index is 2.51. The van der Waals surface area contributed by atoms with Gasteiger partial charge in [-0.25, -0.2) is 0 Å². The zero-order valence-corrected chi connectivity index (χ0v) is 37.2. The van der Waals surface area contributed by atoms with Crippen LogP contribution in [0.15, 0.2) is 255 Å². The summed E-state index contributed by atoms with van der Waals surface area (Å²) in [5.74, 6) is 0. The highest BCUT2D eigenvalue weighted by molar-refractivity contribution is 6.32. The Morgan fingerprint density at radius 2 is 0.485 bits per heavy atom. The number of fused-ring (bicyclic) bond motifs is 10. The van der Waals surface area contributed by atoms with Crippen LogP contribution in [0.5, 0.6) is 0 Å². The Morgan fingerprint density at radius 1 is 0.162 bits per heavy atom. The van der Waals surface area contributed by atoms with E-state index in [2.05, 4.69) is 255 Å². The van der Waals surface area contributed by atoms with Gasteiger partial charge in [-0.05, 0) is 154 Å². The molecule has 0 atom stereocenters. The summed E-state index contributed by atoms with van der Waals surface area (Å²) in [5, 5.41) is 20.1. The van der Waals surface area contributed by atoms with Crippen molar-refractivity contribution in [3.63, 3.8) is 0 Å². The zero-order chi connectivity index (χ0) is 44.7. The monoisotopic (exact) mass is 858 g/mol.